The van der Waals surface area contributed by atoms with Gasteiger partial charge in [0.15, 0.2) is 6.10 Å². The molecule has 0 aliphatic carbocycles. The number of aryl methyl sites for hydroxylation is 1. The Balaban J connectivity index is 1.74. The summed E-state index contributed by atoms with van der Waals surface area (Å²) in [7, 11) is 0. The molecule has 3 nitrogen and oxygen atoms in total. The highest BCUT2D eigenvalue weighted by Gasteiger charge is 2.20. The standard InChI is InChI=1S/C26H23Cl2FN2O/c1-4-18(19-7-5-9-23-20(19)8-6-13-30-23)15-24-16(2)12-14-31(24)32-17(3)25-21(27)10-11-22(29)26(25)28/h5-15,17H,4H2,1-3H3/b18-15+. The first-order valence-electron chi connectivity index (χ1n) is 10.4. The third-order valence-corrected chi connectivity index (χ3v) is 6.26. The van der Waals surface area contributed by atoms with E-state index in [1.165, 1.54) is 12.1 Å². The van der Waals surface area contributed by atoms with Gasteiger partial charge in [0, 0.05) is 28.4 Å². The Bertz CT molecular complexity index is 1310. The maximum atomic E-state index is 14.0. The molecule has 0 aliphatic heterocycles. The minimum Gasteiger partial charge on any atom is -0.406 e. The van der Waals surface area contributed by atoms with Crippen LogP contribution in [0.5, 0.6) is 0 Å². The molecule has 2 aromatic heterocycles. The molecule has 0 N–H and O–H groups in total. The molecule has 2 heterocycles. The maximum Gasteiger partial charge on any atom is 0.150 e. The topological polar surface area (TPSA) is 27.1 Å². The molecule has 0 fully saturated rings. The quantitative estimate of drug-likeness (QED) is 0.268. The molecule has 4 rings (SSSR count). The van der Waals surface area contributed by atoms with Crippen molar-refractivity contribution in [3.05, 3.63) is 99.2 Å². The summed E-state index contributed by atoms with van der Waals surface area (Å²) in [5.41, 5.74) is 5.62. The van der Waals surface area contributed by atoms with Crippen LogP contribution in [-0.2, 0) is 0 Å². The van der Waals surface area contributed by atoms with Crippen molar-refractivity contribution in [2.45, 2.75) is 33.3 Å². The normalized spacial score (nSPS) is 12.9. The summed E-state index contributed by atoms with van der Waals surface area (Å²) in [6.07, 6.45) is 6.04. The van der Waals surface area contributed by atoms with Crippen LogP contribution in [0.1, 0.15) is 48.8 Å². The highest BCUT2D eigenvalue weighted by molar-refractivity contribution is 6.36. The third-order valence-electron chi connectivity index (χ3n) is 5.54. The molecule has 0 radical (unpaired) electrons. The van der Waals surface area contributed by atoms with Gasteiger partial charge in [0.2, 0.25) is 0 Å². The summed E-state index contributed by atoms with van der Waals surface area (Å²) < 4.78 is 15.7. The number of benzene rings is 2. The van der Waals surface area contributed by atoms with Crippen LogP contribution in [-0.4, -0.2) is 9.71 Å². The zero-order valence-electron chi connectivity index (χ0n) is 18.1. The Labute approximate surface area is 197 Å². The smallest absolute Gasteiger partial charge is 0.150 e. The van der Waals surface area contributed by atoms with E-state index in [2.05, 4.69) is 30.1 Å². The molecule has 1 unspecified atom stereocenters. The molecule has 0 saturated heterocycles. The first-order valence-corrected chi connectivity index (χ1v) is 11.2. The van der Waals surface area contributed by atoms with Crippen LogP contribution in [0.25, 0.3) is 22.6 Å². The SMILES string of the molecule is CC/C(=C\c1c(C)ccn1OC(C)c1c(Cl)ccc(F)c1Cl)c1cccc2ncccc12. The van der Waals surface area contributed by atoms with Crippen LogP contribution in [0.15, 0.2) is 60.9 Å². The number of rotatable bonds is 6. The molecule has 0 saturated carbocycles. The predicted molar refractivity (Wildman–Crippen MR) is 130 cm³/mol. The molecule has 4 aromatic rings. The summed E-state index contributed by atoms with van der Waals surface area (Å²) in [5.74, 6) is -0.525. The van der Waals surface area contributed by atoms with Crippen LogP contribution < -0.4 is 4.84 Å². The van der Waals surface area contributed by atoms with Crippen LogP contribution in [0.2, 0.25) is 10.0 Å². The van der Waals surface area contributed by atoms with Crippen molar-refractivity contribution in [3.63, 3.8) is 0 Å². The van der Waals surface area contributed by atoms with Gasteiger partial charge in [-0.25, -0.2) is 4.39 Å². The van der Waals surface area contributed by atoms with Crippen molar-refractivity contribution in [1.82, 2.24) is 9.71 Å². The summed E-state index contributed by atoms with van der Waals surface area (Å²) in [5, 5.41) is 1.44. The fourth-order valence-corrected chi connectivity index (χ4v) is 4.52. The van der Waals surface area contributed by atoms with E-state index >= 15 is 0 Å². The maximum absolute atomic E-state index is 14.0. The molecule has 6 heteroatoms. The monoisotopic (exact) mass is 468 g/mol. The van der Waals surface area contributed by atoms with E-state index in [-0.39, 0.29) is 5.02 Å². The average Bonchev–Trinajstić information content (AvgIpc) is 3.13. The first-order chi connectivity index (χ1) is 15.4. The summed E-state index contributed by atoms with van der Waals surface area (Å²) >= 11 is 12.5. The van der Waals surface area contributed by atoms with Gasteiger partial charge in [0.25, 0.3) is 0 Å². The molecular weight excluding hydrogens is 446 g/mol. The Kier molecular flexibility index (Phi) is 6.54. The van der Waals surface area contributed by atoms with Crippen LogP contribution in [0.4, 0.5) is 4.39 Å². The van der Waals surface area contributed by atoms with Crippen molar-refractivity contribution in [2.75, 3.05) is 0 Å². The number of pyridine rings is 1. The Morgan fingerprint density at radius 2 is 1.97 bits per heavy atom. The molecule has 0 amide bonds. The number of hydrogen-bond donors (Lipinski definition) is 0. The number of nitrogens with zero attached hydrogens (tertiary/aromatic N) is 2. The van der Waals surface area contributed by atoms with Crippen LogP contribution >= 0.6 is 23.2 Å². The lowest BCUT2D eigenvalue weighted by atomic mass is 9.97. The van der Waals surface area contributed by atoms with E-state index in [0.717, 1.165) is 39.7 Å². The zero-order chi connectivity index (χ0) is 22.8. The van der Waals surface area contributed by atoms with E-state index in [9.17, 15) is 4.39 Å². The first kappa shape index (κ1) is 22.4. The van der Waals surface area contributed by atoms with Crippen LogP contribution in [0, 0.1) is 12.7 Å². The number of halogens is 3. The summed E-state index contributed by atoms with van der Waals surface area (Å²) in [6, 6.07) is 14.9. The zero-order valence-corrected chi connectivity index (χ0v) is 19.6. The highest BCUT2D eigenvalue weighted by atomic mass is 35.5. The largest absolute Gasteiger partial charge is 0.406 e. The predicted octanol–water partition coefficient (Wildman–Crippen LogP) is 7.93. The number of aromatic nitrogens is 2. The van der Waals surface area contributed by atoms with Gasteiger partial charge < -0.3 is 4.84 Å². The Morgan fingerprint density at radius 1 is 1.16 bits per heavy atom. The Morgan fingerprint density at radius 3 is 2.75 bits per heavy atom. The van der Waals surface area contributed by atoms with Gasteiger partial charge in [-0.2, -0.15) is 4.73 Å². The Hall–Kier alpha value is -2.82. The van der Waals surface area contributed by atoms with Gasteiger partial charge in [0.05, 0.1) is 16.2 Å². The van der Waals surface area contributed by atoms with Gasteiger partial charge in [-0.3, -0.25) is 4.98 Å². The second kappa shape index (κ2) is 9.35. The van der Waals surface area contributed by atoms with Crippen molar-refractivity contribution < 1.29 is 9.23 Å². The van der Waals surface area contributed by atoms with Crippen molar-refractivity contribution >= 4 is 45.8 Å². The second-order valence-corrected chi connectivity index (χ2v) is 8.40. The van der Waals surface area contributed by atoms with Gasteiger partial charge in [-0.1, -0.05) is 48.3 Å². The molecule has 32 heavy (non-hydrogen) atoms. The molecule has 2 aromatic carbocycles. The molecule has 0 spiro atoms. The van der Waals surface area contributed by atoms with Crippen molar-refractivity contribution in [3.8, 4) is 0 Å². The molecule has 1 atom stereocenters. The van der Waals surface area contributed by atoms with Crippen LogP contribution in [0.3, 0.4) is 0 Å². The van der Waals surface area contributed by atoms with E-state index < -0.39 is 11.9 Å². The minimum absolute atomic E-state index is 0.0246. The van der Waals surface area contributed by atoms with E-state index in [4.69, 9.17) is 28.0 Å². The summed E-state index contributed by atoms with van der Waals surface area (Å²) in [4.78, 5) is 10.6. The highest BCUT2D eigenvalue weighted by Crippen LogP contribution is 2.34. The molecular formula is C26H23Cl2FN2O. The lowest BCUT2D eigenvalue weighted by molar-refractivity contribution is 0.0470. The van der Waals surface area contributed by atoms with Gasteiger partial charge in [0.1, 0.15) is 5.82 Å². The molecule has 0 bridgehead atoms. The lowest BCUT2D eigenvalue weighted by Gasteiger charge is -2.20. The van der Waals surface area contributed by atoms with Crippen molar-refractivity contribution in [2.24, 2.45) is 0 Å². The third kappa shape index (κ3) is 4.25. The van der Waals surface area contributed by atoms with E-state index in [1.54, 1.807) is 17.9 Å². The fourth-order valence-electron chi connectivity index (χ4n) is 3.85. The molecule has 0 aliphatic rings. The number of hydrogen-bond acceptors (Lipinski definition) is 2. The summed E-state index contributed by atoms with van der Waals surface area (Å²) in [6.45, 7) is 5.95. The van der Waals surface area contributed by atoms with Crippen molar-refractivity contribution in [1.29, 1.82) is 0 Å². The molecule has 164 valence electrons. The van der Waals surface area contributed by atoms with Gasteiger partial charge in [-0.05, 0) is 73.4 Å². The minimum atomic E-state index is -0.559. The number of fused-ring (bicyclic) bond motifs is 1. The lowest BCUT2D eigenvalue weighted by Crippen LogP contribution is -2.17. The van der Waals surface area contributed by atoms with Gasteiger partial charge >= 0.3 is 0 Å². The van der Waals surface area contributed by atoms with Gasteiger partial charge in [-0.15, -0.1) is 0 Å². The fraction of sp³-hybridized carbons (Fsp3) is 0.192. The van der Waals surface area contributed by atoms with E-state index in [0.29, 0.717) is 10.6 Å². The second-order valence-electron chi connectivity index (χ2n) is 7.61. The number of allylic oxidation sites excluding steroid dienone is 1. The average molecular weight is 469 g/mol. The van der Waals surface area contributed by atoms with E-state index in [1.807, 2.05) is 37.4 Å².